The molecule has 1 unspecified atom stereocenters. The van der Waals surface area contributed by atoms with E-state index in [1.54, 1.807) is 17.1 Å². The van der Waals surface area contributed by atoms with Crippen LogP contribution in [0.4, 0.5) is 5.95 Å². The predicted molar refractivity (Wildman–Crippen MR) is 77.0 cm³/mol. The molecule has 106 valence electrons. The Morgan fingerprint density at radius 3 is 2.85 bits per heavy atom. The molecule has 1 N–H and O–H groups in total. The Hall–Kier alpha value is -1.69. The Bertz CT molecular complexity index is 595. The van der Waals surface area contributed by atoms with E-state index in [1.807, 2.05) is 6.07 Å². The van der Waals surface area contributed by atoms with E-state index in [-0.39, 0.29) is 5.28 Å². The lowest BCUT2D eigenvalue weighted by Crippen LogP contribution is -2.20. The molecule has 20 heavy (non-hydrogen) atoms. The van der Waals surface area contributed by atoms with Gasteiger partial charge in [-0.25, -0.2) is 4.68 Å². The van der Waals surface area contributed by atoms with Crippen LogP contribution in [0.1, 0.15) is 33.1 Å². The molecule has 0 bridgehead atoms. The first kappa shape index (κ1) is 13.3. The van der Waals surface area contributed by atoms with Crippen LogP contribution in [0.3, 0.4) is 0 Å². The van der Waals surface area contributed by atoms with Crippen LogP contribution in [-0.2, 0) is 0 Å². The molecule has 1 aliphatic carbocycles. The zero-order valence-corrected chi connectivity index (χ0v) is 12.3. The van der Waals surface area contributed by atoms with Gasteiger partial charge >= 0.3 is 0 Å². The van der Waals surface area contributed by atoms with Crippen molar-refractivity contribution in [3.05, 3.63) is 23.7 Å². The smallest absolute Gasteiger partial charge is 0.256 e. The largest absolute Gasteiger partial charge is 0.351 e. The fraction of sp³-hybridized carbons (Fsp3) is 0.538. The molecule has 1 aliphatic rings. The Morgan fingerprint density at radius 1 is 1.35 bits per heavy atom. The summed E-state index contributed by atoms with van der Waals surface area (Å²) in [6, 6.07) is 2.19. The fourth-order valence-electron chi connectivity index (χ4n) is 2.64. The van der Waals surface area contributed by atoms with Crippen LogP contribution >= 0.6 is 11.6 Å². The third kappa shape index (κ3) is 2.90. The van der Waals surface area contributed by atoms with Crippen molar-refractivity contribution in [3.63, 3.8) is 0 Å². The van der Waals surface area contributed by atoms with Gasteiger partial charge in [-0.3, -0.25) is 0 Å². The van der Waals surface area contributed by atoms with Gasteiger partial charge in [-0.1, -0.05) is 13.8 Å². The molecule has 3 rings (SSSR count). The van der Waals surface area contributed by atoms with Gasteiger partial charge in [-0.05, 0) is 42.3 Å². The van der Waals surface area contributed by atoms with Crippen molar-refractivity contribution in [1.29, 1.82) is 0 Å². The summed E-state index contributed by atoms with van der Waals surface area (Å²) in [4.78, 5) is 12.6. The number of rotatable bonds is 3. The summed E-state index contributed by atoms with van der Waals surface area (Å²) < 4.78 is 1.57. The SMILES string of the molecule is CC1(C)CCC(Nc2nc(Cl)nc(-n3cccn3)n2)C1. The molecule has 1 atom stereocenters. The van der Waals surface area contributed by atoms with Crippen LogP contribution in [0.25, 0.3) is 5.95 Å². The number of nitrogens with one attached hydrogen (secondary N) is 1. The van der Waals surface area contributed by atoms with E-state index in [0.717, 1.165) is 12.8 Å². The van der Waals surface area contributed by atoms with E-state index in [1.165, 1.54) is 6.42 Å². The maximum atomic E-state index is 5.97. The first-order valence-corrected chi connectivity index (χ1v) is 7.08. The Balaban J connectivity index is 1.80. The van der Waals surface area contributed by atoms with E-state index in [0.29, 0.717) is 23.4 Å². The number of nitrogens with zero attached hydrogens (tertiary/aromatic N) is 5. The molecule has 1 fully saturated rings. The quantitative estimate of drug-likeness (QED) is 0.942. The maximum absolute atomic E-state index is 5.97. The molecular formula is C13H17ClN6. The third-order valence-corrected chi connectivity index (χ3v) is 3.78. The monoisotopic (exact) mass is 292 g/mol. The van der Waals surface area contributed by atoms with Gasteiger partial charge in [0.1, 0.15) is 0 Å². The average molecular weight is 293 g/mol. The summed E-state index contributed by atoms with van der Waals surface area (Å²) >= 11 is 5.97. The summed E-state index contributed by atoms with van der Waals surface area (Å²) in [5.41, 5.74) is 0.374. The first-order valence-electron chi connectivity index (χ1n) is 6.70. The molecule has 2 aromatic rings. The van der Waals surface area contributed by atoms with E-state index >= 15 is 0 Å². The van der Waals surface area contributed by atoms with Crippen LogP contribution in [-0.4, -0.2) is 30.8 Å². The average Bonchev–Trinajstić information content (AvgIpc) is 2.98. The molecule has 0 spiro atoms. The van der Waals surface area contributed by atoms with Gasteiger partial charge < -0.3 is 5.32 Å². The molecule has 0 amide bonds. The van der Waals surface area contributed by atoms with Gasteiger partial charge in [0.15, 0.2) is 0 Å². The predicted octanol–water partition coefficient (Wildman–Crippen LogP) is 2.70. The minimum absolute atomic E-state index is 0.172. The lowest BCUT2D eigenvalue weighted by atomic mass is 9.92. The van der Waals surface area contributed by atoms with Crippen molar-refractivity contribution >= 4 is 17.5 Å². The molecule has 0 aromatic carbocycles. The molecule has 0 saturated heterocycles. The second-order valence-electron chi connectivity index (χ2n) is 5.93. The topological polar surface area (TPSA) is 68.5 Å². The molecule has 2 aromatic heterocycles. The van der Waals surface area contributed by atoms with Crippen LogP contribution in [0.5, 0.6) is 0 Å². The van der Waals surface area contributed by atoms with Gasteiger partial charge in [-0.15, -0.1) is 0 Å². The maximum Gasteiger partial charge on any atom is 0.256 e. The van der Waals surface area contributed by atoms with Crippen molar-refractivity contribution in [3.8, 4) is 5.95 Å². The second kappa shape index (κ2) is 5.01. The number of aromatic nitrogens is 5. The van der Waals surface area contributed by atoms with Crippen molar-refractivity contribution in [2.75, 3.05) is 5.32 Å². The highest BCUT2D eigenvalue weighted by atomic mass is 35.5. The van der Waals surface area contributed by atoms with E-state index in [9.17, 15) is 0 Å². The van der Waals surface area contributed by atoms with Gasteiger partial charge in [0.25, 0.3) is 5.95 Å². The lowest BCUT2D eigenvalue weighted by Gasteiger charge is -2.17. The second-order valence-corrected chi connectivity index (χ2v) is 6.27. The Morgan fingerprint density at radius 2 is 2.20 bits per heavy atom. The molecular weight excluding hydrogens is 276 g/mol. The molecule has 2 heterocycles. The molecule has 1 saturated carbocycles. The summed E-state index contributed by atoms with van der Waals surface area (Å²) in [6.07, 6.45) is 6.87. The normalized spacial score (nSPS) is 21.1. The van der Waals surface area contributed by atoms with Crippen molar-refractivity contribution < 1.29 is 0 Å². The fourth-order valence-corrected chi connectivity index (χ4v) is 2.79. The molecule has 6 nitrogen and oxygen atoms in total. The summed E-state index contributed by atoms with van der Waals surface area (Å²) in [5, 5.41) is 7.62. The van der Waals surface area contributed by atoms with Gasteiger partial charge in [0, 0.05) is 18.4 Å². The minimum atomic E-state index is 0.172. The lowest BCUT2D eigenvalue weighted by molar-refractivity contribution is 0.378. The van der Waals surface area contributed by atoms with Crippen molar-refractivity contribution in [2.45, 2.75) is 39.2 Å². The number of anilines is 1. The van der Waals surface area contributed by atoms with Gasteiger partial charge in [0.05, 0.1) is 0 Å². The number of hydrogen-bond acceptors (Lipinski definition) is 5. The highest BCUT2D eigenvalue weighted by Crippen LogP contribution is 2.37. The summed E-state index contributed by atoms with van der Waals surface area (Å²) in [5.74, 6) is 0.938. The minimum Gasteiger partial charge on any atom is -0.351 e. The van der Waals surface area contributed by atoms with Crippen molar-refractivity contribution in [1.82, 2.24) is 24.7 Å². The zero-order chi connectivity index (χ0) is 14.2. The number of halogens is 1. The van der Waals surface area contributed by atoms with E-state index < -0.39 is 0 Å². The van der Waals surface area contributed by atoms with Crippen LogP contribution in [0.2, 0.25) is 5.28 Å². The first-order chi connectivity index (χ1) is 9.52. The molecule has 7 heteroatoms. The highest BCUT2D eigenvalue weighted by molar-refractivity contribution is 6.28. The highest BCUT2D eigenvalue weighted by Gasteiger charge is 2.31. The van der Waals surface area contributed by atoms with Crippen molar-refractivity contribution in [2.24, 2.45) is 5.41 Å². The molecule has 0 radical (unpaired) electrons. The van der Waals surface area contributed by atoms with E-state index in [4.69, 9.17) is 11.6 Å². The Labute approximate surface area is 122 Å². The summed E-state index contributed by atoms with van der Waals surface area (Å²) in [7, 11) is 0. The molecule has 0 aliphatic heterocycles. The Kier molecular flexibility index (Phi) is 3.33. The van der Waals surface area contributed by atoms with Gasteiger partial charge in [0.2, 0.25) is 11.2 Å². The van der Waals surface area contributed by atoms with Crippen LogP contribution < -0.4 is 5.32 Å². The third-order valence-electron chi connectivity index (χ3n) is 3.61. The van der Waals surface area contributed by atoms with Crippen LogP contribution in [0, 0.1) is 5.41 Å². The summed E-state index contributed by atoms with van der Waals surface area (Å²) in [6.45, 7) is 4.56. The van der Waals surface area contributed by atoms with Crippen LogP contribution in [0.15, 0.2) is 18.5 Å². The standard InChI is InChI=1S/C13H17ClN6/c1-13(2)5-4-9(8-13)16-11-17-10(14)18-12(19-11)20-7-3-6-15-20/h3,6-7,9H,4-5,8H2,1-2H3,(H,16,17,18,19). The van der Waals surface area contributed by atoms with Gasteiger partial charge in [-0.2, -0.15) is 20.1 Å². The van der Waals surface area contributed by atoms with E-state index in [2.05, 4.69) is 39.2 Å². The number of hydrogen-bond donors (Lipinski definition) is 1. The zero-order valence-electron chi connectivity index (χ0n) is 11.5.